The van der Waals surface area contributed by atoms with Gasteiger partial charge in [0.25, 0.3) is 0 Å². The molecule has 1 rings (SSSR count). The van der Waals surface area contributed by atoms with Crippen molar-refractivity contribution in [2.75, 3.05) is 0 Å². The van der Waals surface area contributed by atoms with Crippen molar-refractivity contribution in [2.24, 2.45) is 0 Å². The third kappa shape index (κ3) is 3.45. The van der Waals surface area contributed by atoms with Gasteiger partial charge in [-0.2, -0.15) is 4.39 Å². The molecule has 1 atom stereocenters. The Labute approximate surface area is 96.6 Å². The highest BCUT2D eigenvalue weighted by atomic mass is 79.9. The second kappa shape index (κ2) is 5.45. The maximum Gasteiger partial charge on any atom is 0.200 e. The molecule has 1 nitrogen and oxygen atoms in total. The standard InChI is InChI=1S/C11H13BrF2O/c1-3-4-7(2)15-10-6-8(12)5-9(13)11(10)14/h5-7H,3-4H2,1-2H3. The summed E-state index contributed by atoms with van der Waals surface area (Å²) >= 11 is 3.09. The molecule has 0 spiro atoms. The average Bonchev–Trinajstić information content (AvgIpc) is 2.13. The highest BCUT2D eigenvalue weighted by Crippen LogP contribution is 2.26. The van der Waals surface area contributed by atoms with E-state index in [1.54, 1.807) is 0 Å². The molecule has 0 aliphatic rings. The topological polar surface area (TPSA) is 9.23 Å². The molecule has 0 N–H and O–H groups in total. The molecular formula is C11H13BrF2O. The van der Waals surface area contributed by atoms with E-state index in [0.29, 0.717) is 4.47 Å². The van der Waals surface area contributed by atoms with Gasteiger partial charge in [0.15, 0.2) is 11.6 Å². The van der Waals surface area contributed by atoms with Crippen LogP contribution in [0.1, 0.15) is 26.7 Å². The van der Waals surface area contributed by atoms with E-state index in [0.717, 1.165) is 18.9 Å². The SMILES string of the molecule is CCCC(C)Oc1cc(Br)cc(F)c1F. The summed E-state index contributed by atoms with van der Waals surface area (Å²) in [4.78, 5) is 0. The molecule has 0 aliphatic carbocycles. The molecule has 0 heterocycles. The van der Waals surface area contributed by atoms with Gasteiger partial charge in [-0.1, -0.05) is 29.3 Å². The van der Waals surface area contributed by atoms with Gasteiger partial charge in [-0.15, -0.1) is 0 Å². The molecular weight excluding hydrogens is 266 g/mol. The molecule has 15 heavy (non-hydrogen) atoms. The van der Waals surface area contributed by atoms with E-state index < -0.39 is 11.6 Å². The van der Waals surface area contributed by atoms with Crippen LogP contribution in [0, 0.1) is 11.6 Å². The van der Waals surface area contributed by atoms with Crippen LogP contribution in [0.3, 0.4) is 0 Å². The van der Waals surface area contributed by atoms with Crippen LogP contribution in [0.4, 0.5) is 8.78 Å². The Kier molecular flexibility index (Phi) is 4.51. The smallest absolute Gasteiger partial charge is 0.200 e. The Morgan fingerprint density at radius 2 is 2.07 bits per heavy atom. The van der Waals surface area contributed by atoms with Crippen molar-refractivity contribution < 1.29 is 13.5 Å². The van der Waals surface area contributed by atoms with E-state index >= 15 is 0 Å². The van der Waals surface area contributed by atoms with Crippen LogP contribution in [0.5, 0.6) is 5.75 Å². The summed E-state index contributed by atoms with van der Waals surface area (Å²) in [6.45, 7) is 3.85. The van der Waals surface area contributed by atoms with Crippen molar-refractivity contribution in [2.45, 2.75) is 32.8 Å². The zero-order valence-corrected chi connectivity index (χ0v) is 10.3. The molecule has 0 radical (unpaired) electrons. The van der Waals surface area contributed by atoms with Gasteiger partial charge in [0.1, 0.15) is 0 Å². The normalized spacial score (nSPS) is 12.6. The number of ether oxygens (including phenoxy) is 1. The molecule has 1 aromatic rings. The minimum Gasteiger partial charge on any atom is -0.487 e. The lowest BCUT2D eigenvalue weighted by molar-refractivity contribution is 0.198. The van der Waals surface area contributed by atoms with Crippen LogP contribution >= 0.6 is 15.9 Å². The molecule has 0 bridgehead atoms. The fourth-order valence-corrected chi connectivity index (χ4v) is 1.71. The lowest BCUT2D eigenvalue weighted by Crippen LogP contribution is -2.12. The molecule has 84 valence electrons. The van der Waals surface area contributed by atoms with Crippen LogP contribution < -0.4 is 4.74 Å². The first-order valence-corrected chi connectivity index (χ1v) is 5.65. The van der Waals surface area contributed by atoms with Gasteiger partial charge >= 0.3 is 0 Å². The maximum atomic E-state index is 13.3. The molecule has 4 heteroatoms. The van der Waals surface area contributed by atoms with Crippen LogP contribution in [0.15, 0.2) is 16.6 Å². The summed E-state index contributed by atoms with van der Waals surface area (Å²) in [6, 6.07) is 2.51. The van der Waals surface area contributed by atoms with Crippen molar-refractivity contribution in [3.05, 3.63) is 28.2 Å². The van der Waals surface area contributed by atoms with Gasteiger partial charge in [-0.05, 0) is 25.5 Å². The van der Waals surface area contributed by atoms with Gasteiger partial charge in [-0.25, -0.2) is 4.39 Å². The first-order chi connectivity index (χ1) is 7.04. The monoisotopic (exact) mass is 278 g/mol. The molecule has 0 aromatic heterocycles. The summed E-state index contributed by atoms with van der Waals surface area (Å²) in [5.41, 5.74) is 0. The van der Waals surface area contributed by atoms with Crippen molar-refractivity contribution in [3.63, 3.8) is 0 Å². The number of hydrogen-bond acceptors (Lipinski definition) is 1. The third-order valence-corrected chi connectivity index (χ3v) is 2.44. The quantitative estimate of drug-likeness (QED) is 0.747. The predicted molar refractivity (Wildman–Crippen MR) is 59.1 cm³/mol. The van der Waals surface area contributed by atoms with E-state index in [1.165, 1.54) is 6.07 Å². The Morgan fingerprint density at radius 1 is 1.40 bits per heavy atom. The summed E-state index contributed by atoms with van der Waals surface area (Å²) in [7, 11) is 0. The van der Waals surface area contributed by atoms with Crippen molar-refractivity contribution in [1.82, 2.24) is 0 Å². The number of hydrogen-bond donors (Lipinski definition) is 0. The number of halogens is 3. The van der Waals surface area contributed by atoms with Gasteiger partial charge in [0.05, 0.1) is 6.10 Å². The number of benzene rings is 1. The molecule has 0 amide bonds. The van der Waals surface area contributed by atoms with Crippen LogP contribution in [-0.2, 0) is 0 Å². The van der Waals surface area contributed by atoms with E-state index in [2.05, 4.69) is 15.9 Å². The zero-order chi connectivity index (χ0) is 11.4. The van der Waals surface area contributed by atoms with E-state index in [-0.39, 0.29) is 11.9 Å². The minimum absolute atomic E-state index is 0.0391. The average molecular weight is 279 g/mol. The number of rotatable bonds is 4. The molecule has 0 aliphatic heterocycles. The Balaban J connectivity index is 2.84. The van der Waals surface area contributed by atoms with Crippen LogP contribution in [-0.4, -0.2) is 6.10 Å². The summed E-state index contributed by atoms with van der Waals surface area (Å²) in [5.74, 6) is -1.87. The molecule has 0 saturated carbocycles. The maximum absolute atomic E-state index is 13.3. The van der Waals surface area contributed by atoms with Gasteiger partial charge in [-0.3, -0.25) is 0 Å². The highest BCUT2D eigenvalue weighted by molar-refractivity contribution is 9.10. The van der Waals surface area contributed by atoms with Gasteiger partial charge < -0.3 is 4.74 Å². The fraction of sp³-hybridized carbons (Fsp3) is 0.455. The Bertz CT molecular complexity index is 342. The van der Waals surface area contributed by atoms with Gasteiger partial charge in [0, 0.05) is 4.47 Å². The summed E-state index contributed by atoms with van der Waals surface area (Å²) < 4.78 is 32.0. The third-order valence-electron chi connectivity index (χ3n) is 1.98. The molecule has 0 saturated heterocycles. The molecule has 1 aromatic carbocycles. The largest absolute Gasteiger partial charge is 0.487 e. The molecule has 1 unspecified atom stereocenters. The van der Waals surface area contributed by atoms with E-state index in [9.17, 15) is 8.78 Å². The van der Waals surface area contributed by atoms with E-state index in [4.69, 9.17) is 4.74 Å². The molecule has 0 fully saturated rings. The van der Waals surface area contributed by atoms with Crippen LogP contribution in [0.25, 0.3) is 0 Å². The van der Waals surface area contributed by atoms with Crippen molar-refractivity contribution >= 4 is 15.9 Å². The van der Waals surface area contributed by atoms with Crippen molar-refractivity contribution in [1.29, 1.82) is 0 Å². The lowest BCUT2D eigenvalue weighted by atomic mass is 10.2. The minimum atomic E-state index is -0.929. The second-order valence-corrected chi connectivity index (χ2v) is 4.33. The second-order valence-electron chi connectivity index (χ2n) is 3.42. The fourth-order valence-electron chi connectivity index (χ4n) is 1.30. The zero-order valence-electron chi connectivity index (χ0n) is 8.69. The Hall–Kier alpha value is -0.640. The summed E-state index contributed by atoms with van der Waals surface area (Å²) in [6.07, 6.45) is 1.64. The first kappa shape index (κ1) is 12.4. The Morgan fingerprint density at radius 3 is 2.67 bits per heavy atom. The van der Waals surface area contributed by atoms with Crippen LogP contribution in [0.2, 0.25) is 0 Å². The first-order valence-electron chi connectivity index (χ1n) is 4.85. The highest BCUT2D eigenvalue weighted by Gasteiger charge is 2.13. The predicted octanol–water partition coefficient (Wildman–Crippen LogP) is 4.29. The van der Waals surface area contributed by atoms with E-state index in [1.807, 2.05) is 13.8 Å². The van der Waals surface area contributed by atoms with Crippen molar-refractivity contribution in [3.8, 4) is 5.75 Å². The lowest BCUT2D eigenvalue weighted by Gasteiger charge is -2.14. The summed E-state index contributed by atoms with van der Waals surface area (Å²) in [5, 5.41) is 0. The van der Waals surface area contributed by atoms with Gasteiger partial charge in [0.2, 0.25) is 5.82 Å².